The topological polar surface area (TPSA) is 26.3 Å². The second kappa shape index (κ2) is 1.37. The molecule has 1 atom stereocenters. The summed E-state index contributed by atoms with van der Waals surface area (Å²) in [7, 11) is 0. The number of carbonyl (C=O) groups is 1. The monoisotopic (exact) mass is 98.0 g/mol. The Hall–Kier alpha value is -0.790. The second-order valence-corrected chi connectivity index (χ2v) is 1.50. The number of carbonyl (C=O) groups excluding carboxylic acids is 1. The SMILES string of the molecule is C[C@@H]1C=CC(=O)O1. The molecule has 7 heavy (non-hydrogen) atoms. The largest absolute Gasteiger partial charge is 0.455 e. The van der Waals surface area contributed by atoms with Crippen LogP contribution in [0.3, 0.4) is 0 Å². The van der Waals surface area contributed by atoms with E-state index in [0.717, 1.165) is 0 Å². The maximum atomic E-state index is 10.1. The lowest BCUT2D eigenvalue weighted by molar-refractivity contribution is -0.137. The fourth-order valence-corrected chi connectivity index (χ4v) is 0.476. The summed E-state index contributed by atoms with van der Waals surface area (Å²) in [6, 6.07) is 0. The molecule has 1 aliphatic rings. The molecule has 2 nitrogen and oxygen atoms in total. The first-order valence-corrected chi connectivity index (χ1v) is 2.18. The average molecular weight is 98.1 g/mol. The minimum atomic E-state index is -0.229. The van der Waals surface area contributed by atoms with Gasteiger partial charge in [0.15, 0.2) is 0 Å². The molecular formula is C5H6O2. The molecule has 0 aliphatic carbocycles. The molecule has 0 saturated carbocycles. The van der Waals surface area contributed by atoms with Gasteiger partial charge < -0.3 is 4.74 Å². The van der Waals surface area contributed by atoms with Crippen molar-refractivity contribution >= 4 is 5.97 Å². The van der Waals surface area contributed by atoms with Gasteiger partial charge in [-0.2, -0.15) is 0 Å². The van der Waals surface area contributed by atoms with E-state index >= 15 is 0 Å². The normalized spacial score (nSPS) is 28.1. The van der Waals surface area contributed by atoms with Gasteiger partial charge in [0, 0.05) is 6.08 Å². The third kappa shape index (κ3) is 0.796. The summed E-state index contributed by atoms with van der Waals surface area (Å²) in [5.74, 6) is -0.229. The molecule has 0 N–H and O–H groups in total. The van der Waals surface area contributed by atoms with Crippen molar-refractivity contribution in [2.45, 2.75) is 13.0 Å². The molecule has 1 rings (SSSR count). The van der Waals surface area contributed by atoms with E-state index < -0.39 is 0 Å². The Balaban J connectivity index is 2.58. The molecule has 0 aromatic rings. The van der Waals surface area contributed by atoms with Crippen molar-refractivity contribution in [2.24, 2.45) is 0 Å². The van der Waals surface area contributed by atoms with Crippen molar-refractivity contribution in [3.05, 3.63) is 12.2 Å². The molecule has 0 radical (unpaired) electrons. The van der Waals surface area contributed by atoms with Crippen LogP contribution in [0.1, 0.15) is 6.92 Å². The van der Waals surface area contributed by atoms with Crippen molar-refractivity contribution in [3.8, 4) is 0 Å². The van der Waals surface area contributed by atoms with Crippen LogP contribution in [0.2, 0.25) is 0 Å². The van der Waals surface area contributed by atoms with Crippen molar-refractivity contribution < 1.29 is 9.53 Å². The Bertz CT molecular complexity index is 115. The lowest BCUT2D eigenvalue weighted by Gasteiger charge is -1.95. The van der Waals surface area contributed by atoms with E-state index in [4.69, 9.17) is 0 Å². The Morgan fingerprint density at radius 3 is 2.71 bits per heavy atom. The van der Waals surface area contributed by atoms with Gasteiger partial charge in [0.2, 0.25) is 0 Å². The summed E-state index contributed by atoms with van der Waals surface area (Å²) < 4.78 is 4.61. The summed E-state index contributed by atoms with van der Waals surface area (Å²) >= 11 is 0. The number of hydrogen-bond acceptors (Lipinski definition) is 2. The Labute approximate surface area is 41.8 Å². The van der Waals surface area contributed by atoms with Gasteiger partial charge in [-0.25, -0.2) is 4.79 Å². The molecule has 0 aromatic heterocycles. The van der Waals surface area contributed by atoms with Crippen molar-refractivity contribution in [1.29, 1.82) is 0 Å². The van der Waals surface area contributed by atoms with Gasteiger partial charge in [-0.05, 0) is 13.0 Å². The number of esters is 1. The van der Waals surface area contributed by atoms with E-state index in [9.17, 15) is 4.79 Å². The minimum Gasteiger partial charge on any atom is -0.455 e. The first-order chi connectivity index (χ1) is 3.29. The first-order valence-electron chi connectivity index (χ1n) is 2.18. The van der Waals surface area contributed by atoms with Gasteiger partial charge >= 0.3 is 5.97 Å². The molecule has 0 bridgehead atoms. The molecule has 2 heteroatoms. The molecule has 1 heterocycles. The van der Waals surface area contributed by atoms with Gasteiger partial charge in [0.05, 0.1) is 0 Å². The summed E-state index contributed by atoms with van der Waals surface area (Å²) in [5, 5.41) is 0. The fourth-order valence-electron chi connectivity index (χ4n) is 0.476. The van der Waals surface area contributed by atoms with Crippen LogP contribution in [-0.4, -0.2) is 12.1 Å². The van der Waals surface area contributed by atoms with Gasteiger partial charge in [0.25, 0.3) is 0 Å². The van der Waals surface area contributed by atoms with Crippen LogP contribution in [-0.2, 0) is 9.53 Å². The van der Waals surface area contributed by atoms with Crippen LogP contribution in [0.5, 0.6) is 0 Å². The van der Waals surface area contributed by atoms with Gasteiger partial charge in [0.1, 0.15) is 6.10 Å². The lowest BCUT2D eigenvalue weighted by atomic mass is 10.4. The predicted molar refractivity (Wildman–Crippen MR) is 24.7 cm³/mol. The third-order valence-electron chi connectivity index (χ3n) is 0.805. The number of hydrogen-bond donors (Lipinski definition) is 0. The Morgan fingerprint density at radius 1 is 1.86 bits per heavy atom. The minimum absolute atomic E-state index is 0.00694. The molecular weight excluding hydrogens is 92.1 g/mol. The highest BCUT2D eigenvalue weighted by molar-refractivity contribution is 5.84. The zero-order valence-corrected chi connectivity index (χ0v) is 4.05. The van der Waals surface area contributed by atoms with Gasteiger partial charge in [-0.3, -0.25) is 0 Å². The first kappa shape index (κ1) is 4.37. The molecule has 0 unspecified atom stereocenters. The zero-order chi connectivity index (χ0) is 5.28. The smallest absolute Gasteiger partial charge is 0.331 e. The van der Waals surface area contributed by atoms with Crippen LogP contribution in [0.4, 0.5) is 0 Å². The molecule has 1 aliphatic heterocycles. The molecule has 0 spiro atoms. The molecule has 0 amide bonds. The number of ether oxygens (including phenoxy) is 1. The van der Waals surface area contributed by atoms with Gasteiger partial charge in [-0.1, -0.05) is 0 Å². The van der Waals surface area contributed by atoms with Crippen LogP contribution < -0.4 is 0 Å². The van der Waals surface area contributed by atoms with E-state index in [1.165, 1.54) is 6.08 Å². The third-order valence-corrected chi connectivity index (χ3v) is 0.805. The highest BCUT2D eigenvalue weighted by Crippen LogP contribution is 2.01. The zero-order valence-electron chi connectivity index (χ0n) is 4.05. The van der Waals surface area contributed by atoms with E-state index in [2.05, 4.69) is 4.74 Å². The average Bonchev–Trinajstić information content (AvgIpc) is 1.87. The Morgan fingerprint density at radius 2 is 2.57 bits per heavy atom. The molecule has 0 aromatic carbocycles. The maximum absolute atomic E-state index is 10.1. The van der Waals surface area contributed by atoms with Crippen LogP contribution in [0.25, 0.3) is 0 Å². The standard InChI is InChI=1S/C5H6O2/c1-4-2-3-5(6)7-4/h2-4H,1H3/t4-/m1/s1. The summed E-state index contributed by atoms with van der Waals surface area (Å²) in [5.41, 5.74) is 0. The summed E-state index contributed by atoms with van der Waals surface area (Å²) in [6.45, 7) is 1.82. The highest BCUT2D eigenvalue weighted by atomic mass is 16.5. The quantitative estimate of drug-likeness (QED) is 0.412. The van der Waals surface area contributed by atoms with Crippen molar-refractivity contribution in [2.75, 3.05) is 0 Å². The van der Waals surface area contributed by atoms with E-state index in [-0.39, 0.29) is 12.1 Å². The number of rotatable bonds is 0. The van der Waals surface area contributed by atoms with Crippen LogP contribution in [0, 0.1) is 0 Å². The van der Waals surface area contributed by atoms with E-state index in [1.807, 2.05) is 6.92 Å². The lowest BCUT2D eigenvalue weighted by Crippen LogP contribution is -2.00. The Kier molecular flexibility index (Phi) is 0.855. The van der Waals surface area contributed by atoms with Gasteiger partial charge in [-0.15, -0.1) is 0 Å². The fraction of sp³-hybridized carbons (Fsp3) is 0.400. The van der Waals surface area contributed by atoms with Crippen molar-refractivity contribution in [3.63, 3.8) is 0 Å². The molecule has 38 valence electrons. The summed E-state index contributed by atoms with van der Waals surface area (Å²) in [6.07, 6.45) is 3.15. The number of cyclic esters (lactones) is 1. The van der Waals surface area contributed by atoms with E-state index in [0.29, 0.717) is 0 Å². The summed E-state index contributed by atoms with van der Waals surface area (Å²) in [4.78, 5) is 10.1. The van der Waals surface area contributed by atoms with Crippen LogP contribution >= 0.6 is 0 Å². The molecule has 0 fully saturated rings. The highest BCUT2D eigenvalue weighted by Gasteiger charge is 2.08. The maximum Gasteiger partial charge on any atom is 0.331 e. The second-order valence-electron chi connectivity index (χ2n) is 1.50. The predicted octanol–water partition coefficient (Wildman–Crippen LogP) is 0.488. The van der Waals surface area contributed by atoms with Crippen molar-refractivity contribution in [1.82, 2.24) is 0 Å². The molecule has 0 saturated heterocycles. The van der Waals surface area contributed by atoms with E-state index in [1.54, 1.807) is 6.08 Å². The van der Waals surface area contributed by atoms with Crippen LogP contribution in [0.15, 0.2) is 12.2 Å².